The summed E-state index contributed by atoms with van der Waals surface area (Å²) in [4.78, 5) is 4.19. The summed E-state index contributed by atoms with van der Waals surface area (Å²) in [6, 6.07) is 4.73. The molecule has 0 bridgehead atoms. The van der Waals surface area contributed by atoms with Crippen molar-refractivity contribution in [2.24, 2.45) is 0 Å². The molecule has 0 aliphatic carbocycles. The third-order valence-corrected chi connectivity index (χ3v) is 4.12. The van der Waals surface area contributed by atoms with Crippen molar-refractivity contribution in [3.63, 3.8) is 0 Å². The third-order valence-electron chi connectivity index (χ3n) is 3.48. The van der Waals surface area contributed by atoms with E-state index in [1.54, 1.807) is 18.3 Å². The number of hydrogen-bond acceptors (Lipinski definition) is 4. The van der Waals surface area contributed by atoms with E-state index in [2.05, 4.69) is 26.2 Å². The van der Waals surface area contributed by atoms with Crippen molar-refractivity contribution < 1.29 is 14.2 Å². The number of benzene rings is 1. The topological polar surface area (TPSA) is 54.4 Å². The van der Waals surface area contributed by atoms with Crippen LogP contribution in [0.2, 0.25) is 0 Å². The number of nitrogens with zero attached hydrogens (tertiary/aromatic N) is 1. The van der Waals surface area contributed by atoms with E-state index >= 15 is 0 Å². The number of rotatable bonds is 3. The molecule has 1 aromatic carbocycles. The van der Waals surface area contributed by atoms with Crippen LogP contribution in [0.25, 0.3) is 10.9 Å². The molecule has 1 atom stereocenters. The number of aliphatic hydroxyl groups is 1. The molecule has 3 rings (SSSR count). The highest BCUT2D eigenvalue weighted by Gasteiger charge is 2.32. The van der Waals surface area contributed by atoms with Crippen molar-refractivity contribution in [3.8, 4) is 0 Å². The van der Waals surface area contributed by atoms with Gasteiger partial charge in [-0.15, -0.1) is 0 Å². The minimum Gasteiger partial charge on any atom is -0.386 e. The maximum atomic E-state index is 14.0. The summed E-state index contributed by atoms with van der Waals surface area (Å²) in [5.41, 5.74) is 0.289. The van der Waals surface area contributed by atoms with Gasteiger partial charge in [0.1, 0.15) is 11.4 Å². The Labute approximate surface area is 124 Å². The zero-order valence-electron chi connectivity index (χ0n) is 10.7. The van der Waals surface area contributed by atoms with Crippen molar-refractivity contribution in [1.82, 2.24) is 4.98 Å². The fourth-order valence-corrected chi connectivity index (χ4v) is 2.77. The molecule has 6 heteroatoms. The monoisotopic (exact) mass is 340 g/mol. The van der Waals surface area contributed by atoms with Gasteiger partial charge < -0.3 is 15.2 Å². The lowest BCUT2D eigenvalue weighted by molar-refractivity contribution is 0.0382. The fraction of sp³-hybridized carbons (Fsp3) is 0.357. The van der Waals surface area contributed by atoms with E-state index in [0.717, 1.165) is 4.47 Å². The first-order valence-corrected chi connectivity index (χ1v) is 7.15. The van der Waals surface area contributed by atoms with Gasteiger partial charge in [0.15, 0.2) is 0 Å². The van der Waals surface area contributed by atoms with Gasteiger partial charge in [-0.2, -0.15) is 0 Å². The van der Waals surface area contributed by atoms with Gasteiger partial charge in [-0.05, 0) is 34.1 Å². The van der Waals surface area contributed by atoms with Gasteiger partial charge in [0.2, 0.25) is 0 Å². The van der Waals surface area contributed by atoms with Crippen LogP contribution in [0.1, 0.15) is 6.42 Å². The SMILES string of the molecule is O[C@@]1(CNc2ccnc3c(Br)ccc(F)c23)CCOC1. The van der Waals surface area contributed by atoms with Gasteiger partial charge in [-0.25, -0.2) is 4.39 Å². The molecular formula is C14H14BrFN2O2. The normalized spacial score (nSPS) is 22.4. The Hall–Kier alpha value is -1.24. The Bertz CT molecular complexity index is 644. The first kappa shape index (κ1) is 13.7. The molecular weight excluding hydrogens is 327 g/mol. The summed E-state index contributed by atoms with van der Waals surface area (Å²) in [6.07, 6.45) is 2.19. The number of nitrogens with one attached hydrogen (secondary N) is 1. The van der Waals surface area contributed by atoms with Crippen LogP contribution in [0.3, 0.4) is 0 Å². The molecule has 2 aromatic rings. The molecule has 0 saturated carbocycles. The van der Waals surface area contributed by atoms with E-state index < -0.39 is 5.60 Å². The summed E-state index contributed by atoms with van der Waals surface area (Å²) in [5.74, 6) is -0.339. The Morgan fingerprint density at radius 3 is 3.05 bits per heavy atom. The van der Waals surface area contributed by atoms with Gasteiger partial charge in [-0.1, -0.05) is 0 Å². The van der Waals surface area contributed by atoms with Gasteiger partial charge in [-0.3, -0.25) is 4.98 Å². The second-order valence-electron chi connectivity index (χ2n) is 4.99. The molecule has 2 N–H and O–H groups in total. The summed E-state index contributed by atoms with van der Waals surface area (Å²) < 4.78 is 20.0. The van der Waals surface area contributed by atoms with Crippen molar-refractivity contribution >= 4 is 32.5 Å². The van der Waals surface area contributed by atoms with E-state index in [0.29, 0.717) is 42.8 Å². The van der Waals surface area contributed by atoms with Crippen LogP contribution in [-0.2, 0) is 4.74 Å². The molecule has 0 amide bonds. The zero-order valence-corrected chi connectivity index (χ0v) is 12.3. The summed E-state index contributed by atoms with van der Waals surface area (Å²) >= 11 is 3.37. The highest BCUT2D eigenvalue weighted by Crippen LogP contribution is 2.30. The van der Waals surface area contributed by atoms with E-state index in [1.807, 2.05) is 0 Å². The highest BCUT2D eigenvalue weighted by atomic mass is 79.9. The van der Waals surface area contributed by atoms with Crippen LogP contribution >= 0.6 is 15.9 Å². The molecule has 4 nitrogen and oxygen atoms in total. The van der Waals surface area contributed by atoms with Gasteiger partial charge in [0.05, 0.1) is 17.5 Å². The minimum absolute atomic E-state index is 0.301. The lowest BCUT2D eigenvalue weighted by atomic mass is 10.0. The van der Waals surface area contributed by atoms with Gasteiger partial charge in [0, 0.05) is 35.9 Å². The number of anilines is 1. The first-order chi connectivity index (χ1) is 9.59. The van der Waals surface area contributed by atoms with Gasteiger partial charge in [0.25, 0.3) is 0 Å². The van der Waals surface area contributed by atoms with Crippen LogP contribution in [0, 0.1) is 5.82 Å². The van der Waals surface area contributed by atoms with Crippen LogP contribution in [0.4, 0.5) is 10.1 Å². The lowest BCUT2D eigenvalue weighted by Crippen LogP contribution is -2.37. The van der Waals surface area contributed by atoms with E-state index in [9.17, 15) is 9.50 Å². The molecule has 1 aromatic heterocycles. The van der Waals surface area contributed by atoms with E-state index in [4.69, 9.17) is 4.74 Å². The predicted molar refractivity (Wildman–Crippen MR) is 78.3 cm³/mol. The van der Waals surface area contributed by atoms with Crippen LogP contribution in [0.15, 0.2) is 28.9 Å². The molecule has 0 unspecified atom stereocenters. The van der Waals surface area contributed by atoms with Gasteiger partial charge >= 0.3 is 0 Å². The molecule has 0 radical (unpaired) electrons. The Kier molecular flexibility index (Phi) is 3.62. The standard InChI is InChI=1S/C14H14BrFN2O2/c15-9-1-2-10(16)12-11(3-5-17-13(9)12)18-7-14(19)4-6-20-8-14/h1-3,5,19H,4,6-8H2,(H,17,18)/t14-/m1/s1. The number of halogens is 2. The number of ether oxygens (including phenoxy) is 1. The summed E-state index contributed by atoms with van der Waals surface area (Å²) in [6.45, 7) is 1.17. The quantitative estimate of drug-likeness (QED) is 0.901. The van der Waals surface area contributed by atoms with Crippen LogP contribution in [-0.4, -0.2) is 35.5 Å². The average molecular weight is 341 g/mol. The third kappa shape index (κ3) is 2.51. The zero-order chi connectivity index (χ0) is 14.2. The molecule has 1 aliphatic heterocycles. The van der Waals surface area contributed by atoms with Crippen LogP contribution in [0.5, 0.6) is 0 Å². The molecule has 20 heavy (non-hydrogen) atoms. The molecule has 106 valence electrons. The molecule has 1 aliphatic rings. The number of aromatic nitrogens is 1. The smallest absolute Gasteiger partial charge is 0.134 e. The Balaban J connectivity index is 1.93. The maximum absolute atomic E-state index is 14.0. The van der Waals surface area contributed by atoms with E-state index in [-0.39, 0.29) is 5.82 Å². The van der Waals surface area contributed by atoms with E-state index in [1.165, 1.54) is 6.07 Å². The van der Waals surface area contributed by atoms with Crippen molar-refractivity contribution in [3.05, 3.63) is 34.7 Å². The lowest BCUT2D eigenvalue weighted by Gasteiger charge is -2.22. The number of hydrogen-bond donors (Lipinski definition) is 2. The van der Waals surface area contributed by atoms with Crippen molar-refractivity contribution in [1.29, 1.82) is 0 Å². The second kappa shape index (κ2) is 5.27. The highest BCUT2D eigenvalue weighted by molar-refractivity contribution is 9.10. The fourth-order valence-electron chi connectivity index (χ4n) is 2.34. The molecule has 1 saturated heterocycles. The molecule has 0 spiro atoms. The average Bonchev–Trinajstić information content (AvgIpc) is 2.88. The summed E-state index contributed by atoms with van der Waals surface area (Å²) in [7, 11) is 0. The second-order valence-corrected chi connectivity index (χ2v) is 5.85. The Morgan fingerprint density at radius 2 is 2.30 bits per heavy atom. The van der Waals surface area contributed by atoms with Crippen molar-refractivity contribution in [2.45, 2.75) is 12.0 Å². The predicted octanol–water partition coefficient (Wildman–Crippen LogP) is 2.70. The molecule has 2 heterocycles. The maximum Gasteiger partial charge on any atom is 0.134 e. The summed E-state index contributed by atoms with van der Waals surface area (Å²) in [5, 5.41) is 13.8. The largest absolute Gasteiger partial charge is 0.386 e. The number of fused-ring (bicyclic) bond motifs is 1. The van der Waals surface area contributed by atoms with Crippen LogP contribution < -0.4 is 5.32 Å². The number of pyridine rings is 1. The minimum atomic E-state index is -0.891. The molecule has 1 fully saturated rings. The van der Waals surface area contributed by atoms with Crippen molar-refractivity contribution in [2.75, 3.05) is 25.1 Å². The first-order valence-electron chi connectivity index (χ1n) is 6.36. The Morgan fingerprint density at radius 1 is 1.45 bits per heavy atom.